The summed E-state index contributed by atoms with van der Waals surface area (Å²) >= 11 is 12.5. The molecule has 38 heavy (non-hydrogen) atoms. The highest BCUT2D eigenvalue weighted by atomic mass is 35.5. The van der Waals surface area contributed by atoms with Crippen LogP contribution < -0.4 is 4.74 Å². The van der Waals surface area contributed by atoms with E-state index in [-0.39, 0.29) is 35.5 Å². The Kier molecular flexibility index (Phi) is 8.40. The molecule has 1 aliphatic carbocycles. The molecule has 0 spiro atoms. The Morgan fingerprint density at radius 2 is 1.71 bits per heavy atom. The Morgan fingerprint density at radius 1 is 0.974 bits per heavy atom. The van der Waals surface area contributed by atoms with E-state index >= 15 is 0 Å². The van der Waals surface area contributed by atoms with Crippen molar-refractivity contribution >= 4 is 35.0 Å². The van der Waals surface area contributed by atoms with Crippen molar-refractivity contribution in [2.75, 3.05) is 32.8 Å². The number of carbonyl (C=O) groups is 2. The first-order valence-electron chi connectivity index (χ1n) is 13.4. The molecule has 3 aliphatic rings. The van der Waals surface area contributed by atoms with Gasteiger partial charge in [-0.2, -0.15) is 5.26 Å². The molecule has 0 bridgehead atoms. The number of benzene rings is 1. The fourth-order valence-electron chi connectivity index (χ4n) is 5.83. The van der Waals surface area contributed by atoms with Crippen LogP contribution in [0.5, 0.6) is 5.88 Å². The topological polar surface area (TPSA) is 86.5 Å². The number of amides is 2. The molecule has 2 atom stereocenters. The van der Waals surface area contributed by atoms with Gasteiger partial charge in [0.15, 0.2) is 0 Å². The molecule has 2 amide bonds. The maximum absolute atomic E-state index is 13.6. The van der Waals surface area contributed by atoms with Gasteiger partial charge in [-0.25, -0.2) is 4.98 Å². The van der Waals surface area contributed by atoms with Gasteiger partial charge in [-0.1, -0.05) is 35.7 Å². The molecule has 3 heterocycles. The van der Waals surface area contributed by atoms with Crippen molar-refractivity contribution in [2.45, 2.75) is 44.4 Å². The molecule has 1 aromatic heterocycles. The van der Waals surface area contributed by atoms with Crippen molar-refractivity contribution in [3.05, 3.63) is 57.7 Å². The van der Waals surface area contributed by atoms with Gasteiger partial charge in [0.2, 0.25) is 17.7 Å². The van der Waals surface area contributed by atoms with Crippen LogP contribution in [0.3, 0.4) is 0 Å². The number of piperidine rings is 1. The Hall–Kier alpha value is -2.82. The van der Waals surface area contributed by atoms with Crippen LogP contribution in [-0.2, 0) is 9.59 Å². The minimum Gasteiger partial charge on any atom is -0.478 e. The summed E-state index contributed by atoms with van der Waals surface area (Å²) in [5, 5.41) is 9.98. The maximum atomic E-state index is 13.6. The van der Waals surface area contributed by atoms with Crippen LogP contribution in [0.2, 0.25) is 10.0 Å². The lowest BCUT2D eigenvalue weighted by Crippen LogP contribution is -2.46. The first kappa shape index (κ1) is 26.8. The summed E-state index contributed by atoms with van der Waals surface area (Å²) in [7, 11) is 0. The zero-order valence-electron chi connectivity index (χ0n) is 21.3. The molecule has 2 aromatic rings. The van der Waals surface area contributed by atoms with Crippen LogP contribution >= 0.6 is 23.2 Å². The average molecular weight is 556 g/mol. The zero-order valence-corrected chi connectivity index (χ0v) is 22.8. The Morgan fingerprint density at radius 3 is 2.34 bits per heavy atom. The van der Waals surface area contributed by atoms with Crippen LogP contribution in [0.15, 0.2) is 36.5 Å². The van der Waals surface area contributed by atoms with Gasteiger partial charge in [0.1, 0.15) is 6.07 Å². The van der Waals surface area contributed by atoms with E-state index in [1.807, 2.05) is 28.0 Å². The standard InChI is InChI=1S/C29H32Cl2N4O3/c30-25-6-5-22(14-26(25)31)24-18-35(17-23(24)10-13-38-27-7-4-19(15-32)16-33-27)29(37)21-8-11-34(12-9-21)28(36)20-2-1-3-20/h4-7,14,16,20-21,23-24H,1-3,8-13,17-18H2. The van der Waals surface area contributed by atoms with Crippen molar-refractivity contribution in [1.82, 2.24) is 14.8 Å². The molecule has 200 valence electrons. The summed E-state index contributed by atoms with van der Waals surface area (Å²) in [6.07, 6.45) is 6.85. The number of likely N-dealkylation sites (tertiary alicyclic amines) is 2. The molecular formula is C29H32Cl2N4O3. The summed E-state index contributed by atoms with van der Waals surface area (Å²) in [4.78, 5) is 34.4. The zero-order chi connectivity index (χ0) is 26.6. The number of aromatic nitrogens is 1. The first-order valence-corrected chi connectivity index (χ1v) is 14.2. The van der Waals surface area contributed by atoms with E-state index in [1.54, 1.807) is 12.1 Å². The van der Waals surface area contributed by atoms with E-state index in [1.165, 1.54) is 6.20 Å². The van der Waals surface area contributed by atoms with Crippen molar-refractivity contribution in [2.24, 2.45) is 17.8 Å². The van der Waals surface area contributed by atoms with Gasteiger partial charge in [-0.05, 0) is 61.8 Å². The minimum atomic E-state index is -0.0484. The predicted molar refractivity (Wildman–Crippen MR) is 145 cm³/mol. The smallest absolute Gasteiger partial charge is 0.225 e. The maximum Gasteiger partial charge on any atom is 0.225 e. The predicted octanol–water partition coefficient (Wildman–Crippen LogP) is 5.31. The molecule has 2 saturated heterocycles. The molecule has 1 aromatic carbocycles. The average Bonchev–Trinajstić information content (AvgIpc) is 3.33. The molecule has 3 fully saturated rings. The number of halogens is 2. The Labute approximate surface area is 233 Å². The normalized spacial score (nSPS) is 22.1. The SMILES string of the molecule is N#Cc1ccc(OCCC2CN(C(=O)C3CCN(C(=O)C4CCC4)CC3)CC2c2ccc(Cl)c(Cl)c2)nc1. The van der Waals surface area contributed by atoms with E-state index in [4.69, 9.17) is 33.2 Å². The summed E-state index contributed by atoms with van der Waals surface area (Å²) in [5.41, 5.74) is 1.55. The third-order valence-corrected chi connectivity index (χ3v) is 9.08. The largest absolute Gasteiger partial charge is 0.478 e. The van der Waals surface area contributed by atoms with Gasteiger partial charge < -0.3 is 14.5 Å². The summed E-state index contributed by atoms with van der Waals surface area (Å²) in [5.74, 6) is 1.40. The highest BCUT2D eigenvalue weighted by Crippen LogP contribution is 2.38. The quantitative estimate of drug-likeness (QED) is 0.462. The minimum absolute atomic E-state index is 0.0484. The number of rotatable bonds is 7. The van der Waals surface area contributed by atoms with Crippen molar-refractivity contribution in [3.8, 4) is 11.9 Å². The lowest BCUT2D eigenvalue weighted by Gasteiger charge is -2.37. The Balaban J connectivity index is 1.22. The lowest BCUT2D eigenvalue weighted by molar-refractivity contribution is -0.143. The van der Waals surface area contributed by atoms with E-state index in [9.17, 15) is 9.59 Å². The summed E-state index contributed by atoms with van der Waals surface area (Å²) in [6, 6.07) is 11.1. The molecular weight excluding hydrogens is 523 g/mol. The van der Waals surface area contributed by atoms with Crippen molar-refractivity contribution in [1.29, 1.82) is 5.26 Å². The van der Waals surface area contributed by atoms with Gasteiger partial charge >= 0.3 is 0 Å². The monoisotopic (exact) mass is 554 g/mol. The molecule has 1 saturated carbocycles. The Bertz CT molecular complexity index is 1200. The van der Waals surface area contributed by atoms with Gasteiger partial charge in [0.05, 0.1) is 22.2 Å². The summed E-state index contributed by atoms with van der Waals surface area (Å²) < 4.78 is 5.87. The third kappa shape index (κ3) is 5.92. The van der Waals surface area contributed by atoms with E-state index in [0.29, 0.717) is 54.3 Å². The second-order valence-corrected chi connectivity index (χ2v) is 11.5. The molecule has 0 radical (unpaired) electrons. The van der Waals surface area contributed by atoms with Crippen LogP contribution in [0.4, 0.5) is 0 Å². The number of nitrogens with zero attached hydrogens (tertiary/aromatic N) is 4. The number of hydrogen-bond acceptors (Lipinski definition) is 5. The second-order valence-electron chi connectivity index (χ2n) is 10.6. The van der Waals surface area contributed by atoms with Crippen LogP contribution in [0.25, 0.3) is 0 Å². The summed E-state index contributed by atoms with van der Waals surface area (Å²) in [6.45, 7) is 3.06. The van der Waals surface area contributed by atoms with Crippen LogP contribution in [-0.4, -0.2) is 59.4 Å². The fraction of sp³-hybridized carbons (Fsp3) is 0.517. The molecule has 2 unspecified atom stereocenters. The van der Waals surface area contributed by atoms with Crippen molar-refractivity contribution in [3.63, 3.8) is 0 Å². The molecule has 0 N–H and O–H groups in total. The number of hydrogen-bond donors (Lipinski definition) is 0. The van der Waals surface area contributed by atoms with Crippen LogP contribution in [0.1, 0.15) is 55.6 Å². The van der Waals surface area contributed by atoms with Crippen LogP contribution in [0, 0.1) is 29.1 Å². The van der Waals surface area contributed by atoms with Gasteiger partial charge in [0, 0.05) is 56.2 Å². The highest BCUT2D eigenvalue weighted by molar-refractivity contribution is 6.42. The molecule has 5 rings (SSSR count). The second kappa shape index (κ2) is 11.9. The van der Waals surface area contributed by atoms with E-state index < -0.39 is 0 Å². The molecule has 2 aliphatic heterocycles. The highest BCUT2D eigenvalue weighted by Gasteiger charge is 2.40. The lowest BCUT2D eigenvalue weighted by atomic mass is 9.83. The van der Waals surface area contributed by atoms with Gasteiger partial charge in [-0.15, -0.1) is 0 Å². The molecule has 9 heteroatoms. The fourth-order valence-corrected chi connectivity index (χ4v) is 6.14. The number of nitriles is 1. The van der Waals surface area contributed by atoms with Gasteiger partial charge in [0.25, 0.3) is 0 Å². The van der Waals surface area contributed by atoms with E-state index in [2.05, 4.69) is 11.1 Å². The molecule has 7 nitrogen and oxygen atoms in total. The van der Waals surface area contributed by atoms with E-state index in [0.717, 1.165) is 44.1 Å². The third-order valence-electron chi connectivity index (χ3n) is 8.34. The first-order chi connectivity index (χ1) is 18.4. The number of carbonyl (C=O) groups excluding carboxylic acids is 2. The van der Waals surface area contributed by atoms with Crippen molar-refractivity contribution < 1.29 is 14.3 Å². The number of ether oxygens (including phenoxy) is 1. The number of pyridine rings is 1. The van der Waals surface area contributed by atoms with Gasteiger partial charge in [-0.3, -0.25) is 9.59 Å².